The summed E-state index contributed by atoms with van der Waals surface area (Å²) in [5.74, 6) is -0.0196. The fourth-order valence-corrected chi connectivity index (χ4v) is 9.89. The Morgan fingerprint density at radius 1 is 0.316 bits per heavy atom. The van der Waals surface area contributed by atoms with Crippen LogP contribution in [0.5, 0.6) is 0 Å². The van der Waals surface area contributed by atoms with Gasteiger partial charge in [-0.3, -0.25) is 9.59 Å². The van der Waals surface area contributed by atoms with Crippen molar-refractivity contribution >= 4 is 11.9 Å². The molecule has 0 aliphatic rings. The van der Waals surface area contributed by atoms with Gasteiger partial charge in [-0.05, 0) is 82.6 Å². The molecule has 0 saturated carbocycles. The van der Waals surface area contributed by atoms with Gasteiger partial charge < -0.3 is 42.6 Å². The maximum absolute atomic E-state index is 12.9. The average molecular weight is 1120 g/mol. The molecule has 0 bridgehead atoms. The van der Waals surface area contributed by atoms with Crippen LogP contribution in [-0.2, 0) is 58.8 Å². The van der Waals surface area contributed by atoms with Crippen LogP contribution < -0.4 is 0 Å². The van der Waals surface area contributed by atoms with Crippen molar-refractivity contribution in [2.75, 3.05) is 79.3 Å². The minimum atomic E-state index is -0.153. The third-order valence-corrected chi connectivity index (χ3v) is 14.9. The first-order valence-corrected chi connectivity index (χ1v) is 33.5. The van der Waals surface area contributed by atoms with Crippen molar-refractivity contribution in [3.63, 3.8) is 0 Å². The number of carbonyl (C=O) groups is 2. The molecule has 1 aromatic carbocycles. The highest BCUT2D eigenvalue weighted by molar-refractivity contribution is 5.69. The van der Waals surface area contributed by atoms with Gasteiger partial charge in [-0.25, -0.2) is 0 Å². The lowest BCUT2D eigenvalue weighted by Crippen LogP contribution is -2.27. The fraction of sp³-hybridized carbons (Fsp3) is 0.882. The Bertz CT molecular complexity index is 1350. The van der Waals surface area contributed by atoms with Gasteiger partial charge in [-0.15, -0.1) is 0 Å². The monoisotopic (exact) mass is 1120 g/mol. The molecule has 2 atom stereocenters. The van der Waals surface area contributed by atoms with E-state index in [1.807, 2.05) is 18.2 Å². The molecule has 0 N–H and O–H groups in total. The second-order valence-corrected chi connectivity index (χ2v) is 22.5. The third-order valence-electron chi connectivity index (χ3n) is 14.9. The number of carbonyl (C=O) groups excluding carboxylic acids is 2. The first-order chi connectivity index (χ1) is 39.0. The lowest BCUT2D eigenvalue weighted by Gasteiger charge is -2.19. The molecule has 0 fully saturated rings. The zero-order valence-corrected chi connectivity index (χ0v) is 52.1. The van der Waals surface area contributed by atoms with E-state index in [9.17, 15) is 9.59 Å². The van der Waals surface area contributed by atoms with Crippen molar-refractivity contribution in [2.45, 2.75) is 309 Å². The molecule has 0 aromatic heterocycles. The quantitative estimate of drug-likeness (QED) is 0.0458. The fourth-order valence-electron chi connectivity index (χ4n) is 9.89. The van der Waals surface area contributed by atoms with Gasteiger partial charge in [0, 0.05) is 26.1 Å². The standard InChI is InChI=1S/C68H126O11/c1-5-9-13-17-20-26-37-47-64(44-34-23-16-12-8-4)78-67(69)48-38-27-21-29-40-50-74-61-66(62-76-59-57-73-55-53-71-52-54-72-56-58-75-60-63-42-32-31-33-43-63)77-51-41-30-22-28-39-49-68(70)79-65(45-35-24-18-14-10-6-2)46-36-25-19-15-11-7-3/h31-33,42-43,64-66H,5-30,34-41,44-62H2,1-4H3. The Hall–Kier alpha value is -2.12. The van der Waals surface area contributed by atoms with E-state index >= 15 is 0 Å². The van der Waals surface area contributed by atoms with E-state index in [0.717, 1.165) is 115 Å². The summed E-state index contributed by atoms with van der Waals surface area (Å²) >= 11 is 0. The lowest BCUT2D eigenvalue weighted by molar-refractivity contribution is -0.151. The van der Waals surface area contributed by atoms with Crippen LogP contribution in [0, 0.1) is 0 Å². The second-order valence-electron chi connectivity index (χ2n) is 22.5. The molecule has 0 heterocycles. The van der Waals surface area contributed by atoms with Crippen LogP contribution in [0.1, 0.15) is 290 Å². The van der Waals surface area contributed by atoms with Crippen LogP contribution in [0.2, 0.25) is 0 Å². The Labute approximate surface area is 486 Å². The van der Waals surface area contributed by atoms with Gasteiger partial charge in [0.1, 0.15) is 18.3 Å². The lowest BCUT2D eigenvalue weighted by atomic mass is 10.0. The number of ether oxygens (including phenoxy) is 9. The predicted molar refractivity (Wildman–Crippen MR) is 327 cm³/mol. The molecule has 0 amide bonds. The first-order valence-electron chi connectivity index (χ1n) is 33.5. The summed E-state index contributed by atoms with van der Waals surface area (Å²) in [6.45, 7) is 16.0. The highest BCUT2D eigenvalue weighted by Crippen LogP contribution is 2.20. The second kappa shape index (κ2) is 61.9. The highest BCUT2D eigenvalue weighted by atomic mass is 16.6. The molecule has 0 aliphatic carbocycles. The summed E-state index contributed by atoms with van der Waals surface area (Å²) in [6, 6.07) is 10.1. The molecule has 2 unspecified atom stereocenters. The van der Waals surface area contributed by atoms with E-state index in [1.54, 1.807) is 0 Å². The normalized spacial score (nSPS) is 12.4. The van der Waals surface area contributed by atoms with E-state index in [1.165, 1.54) is 135 Å². The zero-order chi connectivity index (χ0) is 56.8. The Balaban J connectivity index is 2.40. The van der Waals surface area contributed by atoms with Crippen molar-refractivity contribution in [2.24, 2.45) is 0 Å². The number of esters is 2. The number of benzene rings is 1. The van der Waals surface area contributed by atoms with Gasteiger partial charge in [-0.1, -0.05) is 225 Å². The summed E-state index contributed by atoms with van der Waals surface area (Å²) in [5, 5.41) is 0. The zero-order valence-electron chi connectivity index (χ0n) is 52.1. The molecule has 79 heavy (non-hydrogen) atoms. The van der Waals surface area contributed by atoms with Crippen LogP contribution in [0.4, 0.5) is 0 Å². The van der Waals surface area contributed by atoms with Crippen LogP contribution >= 0.6 is 0 Å². The van der Waals surface area contributed by atoms with Gasteiger partial charge in [0.15, 0.2) is 0 Å². The molecule has 11 nitrogen and oxygen atoms in total. The Kier molecular flexibility index (Phi) is 58.7. The molecular weight excluding hydrogens is 993 g/mol. The molecule has 1 aromatic rings. The van der Waals surface area contributed by atoms with E-state index < -0.39 is 0 Å². The Morgan fingerprint density at radius 3 is 1.04 bits per heavy atom. The molecule has 464 valence electrons. The minimum absolute atomic E-state index is 0.00840. The van der Waals surface area contributed by atoms with Gasteiger partial charge in [0.05, 0.1) is 72.7 Å². The van der Waals surface area contributed by atoms with Crippen molar-refractivity contribution in [1.82, 2.24) is 0 Å². The molecule has 1 rings (SSSR count). The van der Waals surface area contributed by atoms with Crippen molar-refractivity contribution in [1.29, 1.82) is 0 Å². The number of rotatable bonds is 65. The predicted octanol–water partition coefficient (Wildman–Crippen LogP) is 18.2. The van der Waals surface area contributed by atoms with Crippen molar-refractivity contribution < 1.29 is 52.2 Å². The molecule has 0 saturated heterocycles. The summed E-state index contributed by atoms with van der Waals surface area (Å²) in [4.78, 5) is 25.8. The minimum Gasteiger partial charge on any atom is -0.462 e. The number of hydrogen-bond donors (Lipinski definition) is 0. The topological polar surface area (TPSA) is 117 Å². The van der Waals surface area contributed by atoms with Crippen molar-refractivity contribution in [3.8, 4) is 0 Å². The maximum atomic E-state index is 12.9. The van der Waals surface area contributed by atoms with Crippen LogP contribution in [0.3, 0.4) is 0 Å². The molecule has 0 radical (unpaired) electrons. The number of unbranched alkanes of at least 4 members (excludes halogenated alkanes) is 28. The highest BCUT2D eigenvalue weighted by Gasteiger charge is 2.16. The molecule has 0 aliphatic heterocycles. The van der Waals surface area contributed by atoms with Crippen LogP contribution in [0.15, 0.2) is 30.3 Å². The maximum Gasteiger partial charge on any atom is 0.306 e. The Morgan fingerprint density at radius 2 is 0.633 bits per heavy atom. The molecule has 11 heteroatoms. The SMILES string of the molecule is CCCCCCCCCC(CCCCCCC)OC(=O)CCCCCCCOCC(COCCOCCOCCOCCOCc1ccccc1)OCCCCCCCC(=O)OC(CCCCCCCC)CCCCCCCC. The summed E-state index contributed by atoms with van der Waals surface area (Å²) in [7, 11) is 0. The number of hydrogen-bond acceptors (Lipinski definition) is 11. The van der Waals surface area contributed by atoms with E-state index in [2.05, 4.69) is 39.8 Å². The van der Waals surface area contributed by atoms with E-state index in [0.29, 0.717) is 98.7 Å². The van der Waals surface area contributed by atoms with Gasteiger partial charge in [0.2, 0.25) is 0 Å². The first kappa shape index (κ1) is 74.9. The van der Waals surface area contributed by atoms with E-state index in [4.69, 9.17) is 42.6 Å². The third kappa shape index (κ3) is 54.9. The molecular formula is C68H126O11. The summed E-state index contributed by atoms with van der Waals surface area (Å²) < 4.78 is 53.3. The van der Waals surface area contributed by atoms with Crippen LogP contribution in [0.25, 0.3) is 0 Å². The summed E-state index contributed by atoms with van der Waals surface area (Å²) in [6.07, 6.45) is 45.6. The smallest absolute Gasteiger partial charge is 0.306 e. The average Bonchev–Trinajstić information content (AvgIpc) is 3.45. The molecule has 0 spiro atoms. The van der Waals surface area contributed by atoms with E-state index in [-0.39, 0.29) is 30.3 Å². The summed E-state index contributed by atoms with van der Waals surface area (Å²) in [5.41, 5.74) is 1.16. The largest absolute Gasteiger partial charge is 0.462 e. The van der Waals surface area contributed by atoms with Gasteiger partial charge in [-0.2, -0.15) is 0 Å². The van der Waals surface area contributed by atoms with Crippen molar-refractivity contribution in [3.05, 3.63) is 35.9 Å². The van der Waals surface area contributed by atoms with Gasteiger partial charge in [0.25, 0.3) is 0 Å². The van der Waals surface area contributed by atoms with Gasteiger partial charge >= 0.3 is 11.9 Å². The van der Waals surface area contributed by atoms with Crippen LogP contribution in [-0.4, -0.2) is 110 Å².